The van der Waals surface area contributed by atoms with Crippen LogP contribution in [0.3, 0.4) is 0 Å². The molecule has 1 aliphatic heterocycles. The van der Waals surface area contributed by atoms with Gasteiger partial charge < -0.3 is 19.5 Å². The second kappa shape index (κ2) is 11.5. The van der Waals surface area contributed by atoms with E-state index in [1.807, 2.05) is 51.1 Å². The first-order valence-electron chi connectivity index (χ1n) is 12.8. The van der Waals surface area contributed by atoms with Crippen LogP contribution in [0, 0.1) is 12.8 Å². The first-order chi connectivity index (χ1) is 18.2. The highest BCUT2D eigenvalue weighted by Gasteiger charge is 2.46. The van der Waals surface area contributed by atoms with Crippen molar-refractivity contribution in [1.29, 1.82) is 0 Å². The molecule has 2 aromatic carbocycles. The van der Waals surface area contributed by atoms with E-state index >= 15 is 0 Å². The third kappa shape index (κ3) is 5.88. The summed E-state index contributed by atoms with van der Waals surface area (Å²) in [4.78, 5) is 32.4. The number of hydrogen-bond donors (Lipinski definition) is 1. The van der Waals surface area contributed by atoms with E-state index in [-0.39, 0.29) is 24.0 Å². The van der Waals surface area contributed by atoms with E-state index in [0.717, 1.165) is 11.1 Å². The van der Waals surface area contributed by atoms with Crippen molar-refractivity contribution in [3.63, 3.8) is 0 Å². The molecule has 0 radical (unpaired) electrons. The number of Topliss-reactive ketones (excluding diaryl/α,β-unsaturated/α-hetero) is 1. The number of likely N-dealkylation sites (tertiary alicyclic amines) is 1. The van der Waals surface area contributed by atoms with Crippen LogP contribution < -0.4 is 9.47 Å². The van der Waals surface area contributed by atoms with Crippen LogP contribution >= 0.6 is 0 Å². The Morgan fingerprint density at radius 3 is 2.50 bits per heavy atom. The minimum absolute atomic E-state index is 0.00358. The molecule has 38 heavy (non-hydrogen) atoms. The van der Waals surface area contributed by atoms with E-state index in [4.69, 9.17) is 9.47 Å². The zero-order chi connectivity index (χ0) is 27.4. The molecular formula is C31H34N2O5. The Morgan fingerprint density at radius 2 is 1.84 bits per heavy atom. The highest BCUT2D eigenvalue weighted by Crippen LogP contribution is 2.41. The Morgan fingerprint density at radius 1 is 1.05 bits per heavy atom. The van der Waals surface area contributed by atoms with Gasteiger partial charge in [0.15, 0.2) is 0 Å². The Labute approximate surface area is 223 Å². The van der Waals surface area contributed by atoms with Crippen molar-refractivity contribution in [1.82, 2.24) is 9.88 Å². The third-order valence-electron chi connectivity index (χ3n) is 6.18. The van der Waals surface area contributed by atoms with E-state index in [2.05, 4.69) is 18.8 Å². The number of aryl methyl sites for hydroxylation is 1. The number of aliphatic hydroxyl groups excluding tert-OH is 1. The molecule has 2 heterocycles. The van der Waals surface area contributed by atoms with Crippen molar-refractivity contribution in [3.8, 4) is 11.5 Å². The smallest absolute Gasteiger partial charge is 0.295 e. The zero-order valence-electron chi connectivity index (χ0n) is 22.5. The van der Waals surface area contributed by atoms with Crippen molar-refractivity contribution in [2.24, 2.45) is 5.92 Å². The molecule has 0 spiro atoms. The molecule has 7 heteroatoms. The average Bonchev–Trinajstić information content (AvgIpc) is 3.13. The number of aromatic nitrogens is 1. The molecule has 0 aliphatic carbocycles. The first-order valence-corrected chi connectivity index (χ1v) is 12.8. The van der Waals surface area contributed by atoms with Gasteiger partial charge in [0.05, 0.1) is 24.3 Å². The zero-order valence-corrected chi connectivity index (χ0v) is 22.5. The molecule has 7 nitrogen and oxygen atoms in total. The highest BCUT2D eigenvalue weighted by atomic mass is 16.5. The van der Waals surface area contributed by atoms with Crippen LogP contribution in [0.25, 0.3) is 5.76 Å². The molecule has 0 bridgehead atoms. The number of pyridine rings is 1. The standard InChI is InChI=1S/C31H34N2O5/c1-19(2)18-37-25-10-6-9-23(15-25)28-27(29(34)24-11-12-26(21(5)14-24)38-20(3)4)30(35)31(36)33(28)17-22-8-7-13-32-16-22/h6-16,19-20,28,34H,17-18H2,1-5H3/b29-27+. The maximum atomic E-state index is 13.4. The maximum absolute atomic E-state index is 13.4. The van der Waals surface area contributed by atoms with Gasteiger partial charge in [-0.15, -0.1) is 0 Å². The average molecular weight is 515 g/mol. The van der Waals surface area contributed by atoms with E-state index in [0.29, 0.717) is 35.2 Å². The second-order valence-electron chi connectivity index (χ2n) is 10.2. The number of ether oxygens (including phenoxy) is 2. The highest BCUT2D eigenvalue weighted by molar-refractivity contribution is 6.46. The Hall–Kier alpha value is -4.13. The van der Waals surface area contributed by atoms with Crippen LogP contribution in [-0.4, -0.2) is 39.4 Å². The fraction of sp³-hybridized carbons (Fsp3) is 0.323. The summed E-state index contributed by atoms with van der Waals surface area (Å²) in [7, 11) is 0. The molecule has 3 aromatic rings. The largest absolute Gasteiger partial charge is 0.507 e. The van der Waals surface area contributed by atoms with Crippen LogP contribution in [0.1, 0.15) is 56.0 Å². The SMILES string of the molecule is Cc1cc(/C(O)=C2\C(=O)C(=O)N(Cc3cccnc3)C2c2cccc(OCC(C)C)c2)ccc1OC(C)C. The van der Waals surface area contributed by atoms with Crippen LogP contribution in [0.5, 0.6) is 11.5 Å². The number of ketones is 1. The number of benzene rings is 2. The number of carbonyl (C=O) groups is 2. The summed E-state index contributed by atoms with van der Waals surface area (Å²) in [6.45, 7) is 10.6. The third-order valence-corrected chi connectivity index (χ3v) is 6.18. The minimum atomic E-state index is -0.801. The lowest BCUT2D eigenvalue weighted by Crippen LogP contribution is -2.29. The number of rotatable bonds is 9. The molecular weight excluding hydrogens is 480 g/mol. The Bertz CT molecular complexity index is 1350. The van der Waals surface area contributed by atoms with Gasteiger partial charge in [-0.25, -0.2) is 0 Å². The first kappa shape index (κ1) is 26.9. The second-order valence-corrected chi connectivity index (χ2v) is 10.2. The van der Waals surface area contributed by atoms with Gasteiger partial charge >= 0.3 is 0 Å². The summed E-state index contributed by atoms with van der Waals surface area (Å²) in [5.74, 6) is 0.0280. The molecule has 198 valence electrons. The number of carbonyl (C=O) groups excluding carboxylic acids is 2. The van der Waals surface area contributed by atoms with E-state index < -0.39 is 17.7 Å². The summed E-state index contributed by atoms with van der Waals surface area (Å²) in [5.41, 5.74) is 2.74. The maximum Gasteiger partial charge on any atom is 0.295 e. The van der Waals surface area contributed by atoms with Gasteiger partial charge in [0.2, 0.25) is 0 Å². The lowest BCUT2D eigenvalue weighted by Gasteiger charge is -2.26. The van der Waals surface area contributed by atoms with Crippen molar-refractivity contribution in [2.75, 3.05) is 6.61 Å². The lowest BCUT2D eigenvalue weighted by molar-refractivity contribution is -0.140. The molecule has 1 atom stereocenters. The minimum Gasteiger partial charge on any atom is -0.507 e. The molecule has 1 unspecified atom stereocenters. The monoisotopic (exact) mass is 514 g/mol. The number of aliphatic hydroxyl groups is 1. The van der Waals surface area contributed by atoms with Gasteiger partial charge in [0, 0.05) is 24.5 Å². The molecule has 1 saturated heterocycles. The van der Waals surface area contributed by atoms with Gasteiger partial charge in [0.25, 0.3) is 11.7 Å². The van der Waals surface area contributed by atoms with Gasteiger partial charge in [0.1, 0.15) is 17.3 Å². The predicted molar refractivity (Wildman–Crippen MR) is 146 cm³/mol. The van der Waals surface area contributed by atoms with Gasteiger partial charge in [-0.3, -0.25) is 14.6 Å². The lowest BCUT2D eigenvalue weighted by atomic mass is 9.94. The van der Waals surface area contributed by atoms with Crippen molar-refractivity contribution >= 4 is 17.4 Å². The normalized spacial score (nSPS) is 16.9. The molecule has 0 saturated carbocycles. The molecule has 1 N–H and O–H groups in total. The van der Waals surface area contributed by atoms with E-state index in [9.17, 15) is 14.7 Å². The summed E-state index contributed by atoms with van der Waals surface area (Å²) >= 11 is 0. The predicted octanol–water partition coefficient (Wildman–Crippen LogP) is 5.83. The molecule has 4 rings (SSSR count). The van der Waals surface area contributed by atoms with Crippen molar-refractivity contribution < 1.29 is 24.2 Å². The Kier molecular flexibility index (Phi) is 8.15. The Balaban J connectivity index is 1.82. The van der Waals surface area contributed by atoms with Crippen molar-refractivity contribution in [2.45, 2.75) is 53.3 Å². The van der Waals surface area contributed by atoms with Crippen LogP contribution in [0.15, 0.2) is 72.6 Å². The van der Waals surface area contributed by atoms with Crippen LogP contribution in [0.2, 0.25) is 0 Å². The topological polar surface area (TPSA) is 89.0 Å². The molecule has 1 aliphatic rings. The van der Waals surface area contributed by atoms with Gasteiger partial charge in [-0.2, -0.15) is 0 Å². The molecule has 1 aromatic heterocycles. The summed E-state index contributed by atoms with van der Waals surface area (Å²) in [6, 6.07) is 15.4. The molecule has 1 fully saturated rings. The van der Waals surface area contributed by atoms with E-state index in [1.165, 1.54) is 4.90 Å². The van der Waals surface area contributed by atoms with Crippen LogP contribution in [0.4, 0.5) is 0 Å². The van der Waals surface area contributed by atoms with E-state index in [1.54, 1.807) is 36.7 Å². The number of hydrogen-bond acceptors (Lipinski definition) is 6. The number of amides is 1. The van der Waals surface area contributed by atoms with Crippen molar-refractivity contribution in [3.05, 3.63) is 94.8 Å². The van der Waals surface area contributed by atoms with Gasteiger partial charge in [-0.05, 0) is 79.8 Å². The number of nitrogens with zero attached hydrogens (tertiary/aromatic N) is 2. The summed E-state index contributed by atoms with van der Waals surface area (Å²) in [5, 5.41) is 11.5. The quantitative estimate of drug-likeness (QED) is 0.219. The fourth-order valence-electron chi connectivity index (χ4n) is 4.45. The fourth-order valence-corrected chi connectivity index (χ4v) is 4.45. The molecule has 1 amide bonds. The summed E-state index contributed by atoms with van der Waals surface area (Å²) < 4.78 is 11.7. The van der Waals surface area contributed by atoms with Gasteiger partial charge in [-0.1, -0.05) is 32.0 Å². The summed E-state index contributed by atoms with van der Waals surface area (Å²) in [6.07, 6.45) is 3.31. The van der Waals surface area contributed by atoms with Crippen LogP contribution in [-0.2, 0) is 16.1 Å².